The molecule has 2 heterocycles. The van der Waals surface area contributed by atoms with Crippen LogP contribution >= 0.6 is 0 Å². The van der Waals surface area contributed by atoms with E-state index in [0.717, 1.165) is 43.0 Å². The summed E-state index contributed by atoms with van der Waals surface area (Å²) in [6, 6.07) is 12.2. The second kappa shape index (κ2) is 5.76. The molecule has 102 valence electrons. The monoisotopic (exact) mass is 267 g/mol. The van der Waals surface area contributed by atoms with Crippen LogP contribution in [0.25, 0.3) is 11.3 Å². The standard InChI is InChI=1S/C15H17N5/c16-10-11-2-1-3-12(8-11)14-9-15(20-19-14)18-13-4-6-17-7-5-13/h1-3,8-9,13,17H,4-7H2,(H2,18,19,20). The van der Waals surface area contributed by atoms with E-state index in [1.54, 1.807) is 6.07 Å². The molecule has 1 saturated heterocycles. The normalized spacial score (nSPS) is 15.8. The van der Waals surface area contributed by atoms with Crippen molar-refractivity contribution in [3.05, 3.63) is 35.9 Å². The minimum Gasteiger partial charge on any atom is -0.366 e. The molecular formula is C15H17N5. The van der Waals surface area contributed by atoms with Crippen molar-refractivity contribution in [2.45, 2.75) is 18.9 Å². The molecule has 1 aromatic carbocycles. The maximum absolute atomic E-state index is 8.94. The number of aromatic amines is 1. The summed E-state index contributed by atoms with van der Waals surface area (Å²) in [5.41, 5.74) is 2.57. The third-order valence-corrected chi connectivity index (χ3v) is 3.57. The lowest BCUT2D eigenvalue weighted by Gasteiger charge is -2.23. The number of hydrogen-bond acceptors (Lipinski definition) is 4. The number of hydrogen-bond donors (Lipinski definition) is 3. The number of nitriles is 1. The lowest BCUT2D eigenvalue weighted by Crippen LogP contribution is -2.35. The zero-order valence-electron chi connectivity index (χ0n) is 11.2. The molecule has 20 heavy (non-hydrogen) atoms. The average Bonchev–Trinajstić information content (AvgIpc) is 2.97. The Morgan fingerprint density at radius 3 is 2.90 bits per heavy atom. The molecule has 0 aliphatic carbocycles. The largest absolute Gasteiger partial charge is 0.366 e. The van der Waals surface area contributed by atoms with E-state index in [1.165, 1.54) is 0 Å². The van der Waals surface area contributed by atoms with Crippen molar-refractivity contribution in [3.63, 3.8) is 0 Å². The van der Waals surface area contributed by atoms with E-state index in [4.69, 9.17) is 5.26 Å². The maximum Gasteiger partial charge on any atom is 0.148 e. The van der Waals surface area contributed by atoms with Gasteiger partial charge in [-0.15, -0.1) is 0 Å². The maximum atomic E-state index is 8.94. The Hall–Kier alpha value is -2.32. The zero-order valence-corrected chi connectivity index (χ0v) is 11.2. The Kier molecular flexibility index (Phi) is 3.66. The molecule has 0 bridgehead atoms. The third-order valence-electron chi connectivity index (χ3n) is 3.57. The van der Waals surface area contributed by atoms with Crippen LogP contribution in [0, 0.1) is 11.3 Å². The summed E-state index contributed by atoms with van der Waals surface area (Å²) in [4.78, 5) is 0. The average molecular weight is 267 g/mol. The molecule has 1 fully saturated rings. The van der Waals surface area contributed by atoms with Crippen LogP contribution in [0.4, 0.5) is 5.82 Å². The molecule has 5 nitrogen and oxygen atoms in total. The first-order valence-electron chi connectivity index (χ1n) is 6.88. The highest BCUT2D eigenvalue weighted by Gasteiger charge is 2.14. The Balaban J connectivity index is 1.74. The van der Waals surface area contributed by atoms with Crippen molar-refractivity contribution in [2.24, 2.45) is 0 Å². The Morgan fingerprint density at radius 1 is 1.25 bits per heavy atom. The minimum absolute atomic E-state index is 0.484. The van der Waals surface area contributed by atoms with Gasteiger partial charge in [0.1, 0.15) is 5.82 Å². The first-order chi connectivity index (χ1) is 9.85. The van der Waals surface area contributed by atoms with Crippen LogP contribution in [0.15, 0.2) is 30.3 Å². The fraction of sp³-hybridized carbons (Fsp3) is 0.333. The molecule has 5 heteroatoms. The molecule has 1 aromatic heterocycles. The zero-order chi connectivity index (χ0) is 13.8. The van der Waals surface area contributed by atoms with Gasteiger partial charge < -0.3 is 10.6 Å². The van der Waals surface area contributed by atoms with E-state index in [0.29, 0.717) is 11.6 Å². The quantitative estimate of drug-likeness (QED) is 0.796. The number of aromatic nitrogens is 2. The summed E-state index contributed by atoms with van der Waals surface area (Å²) in [5.74, 6) is 0.870. The molecule has 0 unspecified atom stereocenters. The Bertz CT molecular complexity index is 619. The van der Waals surface area contributed by atoms with Gasteiger partial charge >= 0.3 is 0 Å². The molecule has 2 aromatic rings. The van der Waals surface area contributed by atoms with Gasteiger partial charge in [0, 0.05) is 17.7 Å². The highest BCUT2D eigenvalue weighted by atomic mass is 15.2. The smallest absolute Gasteiger partial charge is 0.148 e. The van der Waals surface area contributed by atoms with Crippen LogP contribution < -0.4 is 10.6 Å². The number of H-pyrrole nitrogens is 1. The summed E-state index contributed by atoms with van der Waals surface area (Å²) in [6.07, 6.45) is 2.23. The lowest BCUT2D eigenvalue weighted by molar-refractivity contribution is 0.478. The Morgan fingerprint density at radius 2 is 2.10 bits per heavy atom. The number of nitrogens with one attached hydrogen (secondary N) is 3. The second-order valence-electron chi connectivity index (χ2n) is 5.03. The molecule has 1 aliphatic heterocycles. The van der Waals surface area contributed by atoms with Gasteiger partial charge in [-0.2, -0.15) is 10.4 Å². The van der Waals surface area contributed by atoms with Crippen LogP contribution in [0.2, 0.25) is 0 Å². The predicted molar refractivity (Wildman–Crippen MR) is 78.3 cm³/mol. The highest BCUT2D eigenvalue weighted by molar-refractivity contribution is 5.64. The van der Waals surface area contributed by atoms with Gasteiger partial charge in [0.25, 0.3) is 0 Å². The first kappa shape index (κ1) is 12.7. The number of nitrogens with zero attached hydrogens (tertiary/aromatic N) is 2. The lowest BCUT2D eigenvalue weighted by atomic mass is 10.1. The number of benzene rings is 1. The van der Waals surface area contributed by atoms with E-state index in [1.807, 2.05) is 24.3 Å². The molecule has 0 spiro atoms. The molecule has 0 amide bonds. The number of anilines is 1. The molecule has 0 saturated carbocycles. The van der Waals surface area contributed by atoms with Crippen LogP contribution in [0.3, 0.4) is 0 Å². The highest BCUT2D eigenvalue weighted by Crippen LogP contribution is 2.21. The fourth-order valence-electron chi connectivity index (χ4n) is 2.48. The van der Waals surface area contributed by atoms with E-state index in [9.17, 15) is 0 Å². The first-order valence-corrected chi connectivity index (χ1v) is 6.88. The molecule has 3 N–H and O–H groups in total. The summed E-state index contributed by atoms with van der Waals surface area (Å²) < 4.78 is 0. The molecule has 0 atom stereocenters. The summed E-state index contributed by atoms with van der Waals surface area (Å²) in [5, 5.41) is 23.1. The third kappa shape index (κ3) is 2.81. The van der Waals surface area contributed by atoms with Gasteiger partial charge in [-0.25, -0.2) is 0 Å². The summed E-state index contributed by atoms with van der Waals surface area (Å²) in [7, 11) is 0. The van der Waals surface area contributed by atoms with Crippen molar-refractivity contribution in [1.29, 1.82) is 5.26 Å². The second-order valence-corrected chi connectivity index (χ2v) is 5.03. The van der Waals surface area contributed by atoms with Crippen LogP contribution in [-0.2, 0) is 0 Å². The fourth-order valence-corrected chi connectivity index (χ4v) is 2.48. The van der Waals surface area contributed by atoms with E-state index >= 15 is 0 Å². The SMILES string of the molecule is N#Cc1cccc(-c2cc(NC3CCNCC3)n[nH]2)c1. The minimum atomic E-state index is 0.484. The van der Waals surface area contributed by atoms with Crippen LogP contribution in [-0.4, -0.2) is 29.3 Å². The van der Waals surface area contributed by atoms with Crippen LogP contribution in [0.5, 0.6) is 0 Å². The Labute approximate surface area is 118 Å². The van der Waals surface area contributed by atoms with Gasteiger partial charge in [-0.3, -0.25) is 5.10 Å². The molecule has 3 rings (SSSR count). The van der Waals surface area contributed by atoms with Crippen molar-refractivity contribution in [1.82, 2.24) is 15.5 Å². The van der Waals surface area contributed by atoms with E-state index in [2.05, 4.69) is 26.9 Å². The number of rotatable bonds is 3. The van der Waals surface area contributed by atoms with Gasteiger partial charge in [0.2, 0.25) is 0 Å². The van der Waals surface area contributed by atoms with Crippen molar-refractivity contribution >= 4 is 5.82 Å². The van der Waals surface area contributed by atoms with Crippen LogP contribution in [0.1, 0.15) is 18.4 Å². The number of piperidine rings is 1. The van der Waals surface area contributed by atoms with Gasteiger partial charge in [-0.1, -0.05) is 12.1 Å². The van der Waals surface area contributed by atoms with Gasteiger partial charge in [-0.05, 0) is 38.1 Å². The van der Waals surface area contributed by atoms with Crippen molar-refractivity contribution < 1.29 is 0 Å². The van der Waals surface area contributed by atoms with E-state index in [-0.39, 0.29) is 0 Å². The van der Waals surface area contributed by atoms with E-state index < -0.39 is 0 Å². The molecule has 0 radical (unpaired) electrons. The molecule has 1 aliphatic rings. The van der Waals surface area contributed by atoms with Gasteiger partial charge in [0.15, 0.2) is 0 Å². The van der Waals surface area contributed by atoms with Crippen molar-refractivity contribution in [2.75, 3.05) is 18.4 Å². The molecular weight excluding hydrogens is 250 g/mol. The topological polar surface area (TPSA) is 76.5 Å². The van der Waals surface area contributed by atoms with Gasteiger partial charge in [0.05, 0.1) is 17.3 Å². The summed E-state index contributed by atoms with van der Waals surface area (Å²) >= 11 is 0. The van der Waals surface area contributed by atoms with Crippen molar-refractivity contribution in [3.8, 4) is 17.3 Å². The summed E-state index contributed by atoms with van der Waals surface area (Å²) in [6.45, 7) is 2.11. The predicted octanol–water partition coefficient (Wildman–Crippen LogP) is 2.11.